The first-order valence-corrected chi connectivity index (χ1v) is 26.8. The maximum atomic E-state index is 12.6. The van der Waals surface area contributed by atoms with E-state index in [-0.39, 0.29) is 61.0 Å². The molecule has 2 heterocycles. The molecule has 7 rings (SSSR count). The monoisotopic (exact) mass is 1060 g/mol. The van der Waals surface area contributed by atoms with Crippen molar-refractivity contribution in [2.45, 2.75) is 31.4 Å². The Morgan fingerprint density at radius 2 is 1.01 bits per heavy atom. The van der Waals surface area contributed by atoms with Gasteiger partial charge in [0.1, 0.15) is 38.2 Å². The number of nitriles is 2. The Labute approximate surface area is 400 Å². The highest BCUT2D eigenvalue weighted by Crippen LogP contribution is 2.49. The molecule has 7 aromatic rings. The van der Waals surface area contributed by atoms with E-state index in [9.17, 15) is 75.4 Å². The van der Waals surface area contributed by atoms with Gasteiger partial charge in [0.2, 0.25) is 0 Å². The molecule has 0 amide bonds. The minimum Gasteiger partial charge on any atom is -0.339 e. The molecule has 0 radical (unpaired) electrons. The lowest BCUT2D eigenvalue weighted by atomic mass is 10.0. The highest BCUT2D eigenvalue weighted by molar-refractivity contribution is 7.87. The molecule has 7 N–H and O–H groups in total. The fourth-order valence-corrected chi connectivity index (χ4v) is 10.5. The first kappa shape index (κ1) is 50.4. The molecule has 70 heavy (non-hydrogen) atoms. The molecular weight excluding hydrogens is 1040 g/mol. The van der Waals surface area contributed by atoms with Crippen molar-refractivity contribution in [1.82, 2.24) is 4.98 Å². The van der Waals surface area contributed by atoms with E-state index < -0.39 is 91.5 Å². The Balaban J connectivity index is 1.40. The first-order valence-electron chi connectivity index (χ1n) is 18.8. The van der Waals surface area contributed by atoms with E-state index in [0.29, 0.717) is 35.1 Å². The highest BCUT2D eigenvalue weighted by Gasteiger charge is 2.27. The van der Waals surface area contributed by atoms with Gasteiger partial charge in [0.15, 0.2) is 16.6 Å². The van der Waals surface area contributed by atoms with Crippen LogP contribution in [0.1, 0.15) is 16.7 Å². The molecule has 24 nitrogen and oxygen atoms in total. The van der Waals surface area contributed by atoms with E-state index in [1.165, 1.54) is 31.2 Å². The largest absolute Gasteiger partial charge is 0.339 e. The average molecular weight is 1070 g/mol. The second-order valence-corrected chi connectivity index (χ2v) is 22.3. The smallest absolute Gasteiger partial charge is 0.295 e. The molecule has 5 aromatic carbocycles. The number of hydrogen-bond donors (Lipinski definition) is 7. The summed E-state index contributed by atoms with van der Waals surface area (Å²) in [6.07, 6.45) is 0. The van der Waals surface area contributed by atoms with Gasteiger partial charge in [-0.1, -0.05) is 41.7 Å². The molecule has 0 aliphatic rings. The standard InChI is InChI=1S/C40H27N9O15S6/c1-21-31(19-41)37(43-23-7-11-26(12-8-23)66(50,51)52)45-38(44-24-9-13-27(14-10-24)67(53,54)55)36(21)47-48-39-32(20-42)35(22-5-3-2-4-6-22)40(65-39)49-46-25-15-29-30(33(16-25)69(59,60)61)17-28(68(56,57)58)18-34(29)70(62,63)64/h2-18H,1H3,(H2,43,44,45)(H,50,51,52)(H,53,54,55)(H,56,57,58)(H,59,60,61)(H,62,63,64). The third kappa shape index (κ3) is 10.9. The molecule has 0 saturated heterocycles. The summed E-state index contributed by atoms with van der Waals surface area (Å²) in [6, 6.07) is 24.0. The summed E-state index contributed by atoms with van der Waals surface area (Å²) in [5.41, 5.74) is 0.106. The van der Waals surface area contributed by atoms with E-state index in [1.54, 1.807) is 30.3 Å². The normalized spacial score (nSPS) is 12.6. The zero-order valence-corrected chi connectivity index (χ0v) is 39.6. The molecule has 0 aliphatic carbocycles. The van der Waals surface area contributed by atoms with Crippen LogP contribution in [-0.4, -0.2) is 69.8 Å². The van der Waals surface area contributed by atoms with Gasteiger partial charge in [-0.3, -0.25) is 22.8 Å². The number of nitrogens with one attached hydrogen (secondary N) is 2. The van der Waals surface area contributed by atoms with Crippen molar-refractivity contribution in [1.29, 1.82) is 10.5 Å². The quantitative estimate of drug-likeness (QED) is 0.0396. The van der Waals surface area contributed by atoms with Gasteiger partial charge in [-0.15, -0.1) is 20.5 Å². The predicted octanol–water partition coefficient (Wildman–Crippen LogP) is 8.57. The number of benzene rings is 5. The summed E-state index contributed by atoms with van der Waals surface area (Å²) >= 11 is 0.706. The van der Waals surface area contributed by atoms with Crippen molar-refractivity contribution >= 4 is 117 Å². The predicted molar refractivity (Wildman–Crippen MR) is 249 cm³/mol. The van der Waals surface area contributed by atoms with Crippen molar-refractivity contribution < 1.29 is 64.9 Å². The van der Waals surface area contributed by atoms with Crippen molar-refractivity contribution in [2.24, 2.45) is 20.5 Å². The molecule has 0 bridgehead atoms. The Morgan fingerprint density at radius 1 is 0.529 bits per heavy atom. The van der Waals surface area contributed by atoms with Crippen LogP contribution < -0.4 is 10.6 Å². The van der Waals surface area contributed by atoms with Gasteiger partial charge in [-0.2, -0.15) is 52.6 Å². The number of rotatable bonds is 14. The summed E-state index contributed by atoms with van der Waals surface area (Å²) in [6.45, 7) is 1.46. The van der Waals surface area contributed by atoms with E-state index >= 15 is 0 Å². The number of aromatic nitrogens is 1. The summed E-state index contributed by atoms with van der Waals surface area (Å²) in [5.74, 6) is -0.235. The molecule has 0 atom stereocenters. The van der Waals surface area contributed by atoms with Gasteiger partial charge in [-0.05, 0) is 85.3 Å². The zero-order valence-electron chi connectivity index (χ0n) is 34.7. The first-order chi connectivity index (χ1) is 32.7. The molecule has 0 fully saturated rings. The van der Waals surface area contributed by atoms with Crippen LogP contribution in [0.25, 0.3) is 21.9 Å². The van der Waals surface area contributed by atoms with E-state index in [1.807, 2.05) is 12.1 Å². The maximum Gasteiger partial charge on any atom is 0.295 e. The van der Waals surface area contributed by atoms with Gasteiger partial charge in [0, 0.05) is 33.3 Å². The van der Waals surface area contributed by atoms with E-state index in [0.717, 1.165) is 30.3 Å². The van der Waals surface area contributed by atoms with E-state index in [4.69, 9.17) is 0 Å². The number of pyridine rings is 1. The Morgan fingerprint density at radius 3 is 1.51 bits per heavy atom. The number of anilines is 4. The lowest BCUT2D eigenvalue weighted by Gasteiger charge is -2.16. The number of hydrogen-bond acceptors (Lipinski definition) is 20. The maximum absolute atomic E-state index is 12.6. The minimum atomic E-state index is -5.36. The minimum absolute atomic E-state index is 0.0914. The van der Waals surface area contributed by atoms with Gasteiger partial charge in [-0.25, -0.2) is 4.98 Å². The second kappa shape index (κ2) is 18.8. The molecule has 0 unspecified atom stereocenters. The Hall–Kier alpha value is -7.46. The highest BCUT2D eigenvalue weighted by atomic mass is 32.2. The summed E-state index contributed by atoms with van der Waals surface area (Å²) in [7, 11) is -25.1. The Kier molecular flexibility index (Phi) is 13.5. The van der Waals surface area contributed by atoms with Crippen LogP contribution in [0.3, 0.4) is 0 Å². The van der Waals surface area contributed by atoms with Crippen LogP contribution in [-0.2, 0) is 50.6 Å². The van der Waals surface area contributed by atoms with Crippen molar-refractivity contribution in [3.63, 3.8) is 0 Å². The third-order valence-electron chi connectivity index (χ3n) is 9.70. The molecule has 2 aromatic heterocycles. The van der Waals surface area contributed by atoms with Crippen LogP contribution in [0.2, 0.25) is 0 Å². The lowest BCUT2D eigenvalue weighted by molar-refractivity contribution is 0.478. The molecule has 30 heteroatoms. The third-order valence-corrected chi connectivity index (χ3v) is 15.0. The average Bonchev–Trinajstić information content (AvgIpc) is 3.63. The van der Waals surface area contributed by atoms with Crippen LogP contribution in [0, 0.1) is 29.6 Å². The van der Waals surface area contributed by atoms with Gasteiger partial charge < -0.3 is 10.6 Å². The van der Waals surface area contributed by atoms with Gasteiger partial charge in [0.25, 0.3) is 50.6 Å². The van der Waals surface area contributed by atoms with Gasteiger partial charge in [0.05, 0.1) is 25.9 Å². The number of fused-ring (bicyclic) bond motifs is 1. The van der Waals surface area contributed by atoms with Gasteiger partial charge >= 0.3 is 0 Å². The topological polar surface area (TPSA) is 406 Å². The fraction of sp³-hybridized carbons (Fsp3) is 0.0250. The lowest BCUT2D eigenvalue weighted by Crippen LogP contribution is -2.07. The van der Waals surface area contributed by atoms with Crippen LogP contribution >= 0.6 is 11.3 Å². The molecular formula is C40H27N9O15S6. The van der Waals surface area contributed by atoms with Crippen LogP contribution in [0.15, 0.2) is 148 Å². The summed E-state index contributed by atoms with van der Waals surface area (Å²) in [5, 5.41) is 42.0. The summed E-state index contributed by atoms with van der Waals surface area (Å²) < 4.78 is 170. The van der Waals surface area contributed by atoms with Crippen LogP contribution in [0.5, 0.6) is 0 Å². The van der Waals surface area contributed by atoms with E-state index in [2.05, 4.69) is 36.1 Å². The molecule has 0 spiro atoms. The fourth-order valence-electron chi connectivity index (χ4n) is 6.54. The number of nitrogens with zero attached hydrogens (tertiary/aromatic N) is 7. The molecule has 0 saturated carbocycles. The van der Waals surface area contributed by atoms with Crippen molar-refractivity contribution in [3.8, 4) is 23.3 Å². The second-order valence-electron chi connectivity index (χ2n) is 14.2. The van der Waals surface area contributed by atoms with Crippen molar-refractivity contribution in [3.05, 3.63) is 120 Å². The SMILES string of the molecule is Cc1c(C#N)c(Nc2ccc(S(=O)(=O)O)cc2)nc(Nc2ccc(S(=O)(=O)O)cc2)c1N=Nc1sc(N=Nc2cc(S(=O)(=O)O)c3cc(S(=O)(=O)O)cc(S(=O)(=O)O)c3c2)c(-c2ccccc2)c1C#N. The number of azo groups is 2. The summed E-state index contributed by atoms with van der Waals surface area (Å²) in [4.78, 5) is 0.213. The van der Waals surface area contributed by atoms with Crippen LogP contribution in [0.4, 0.5) is 44.4 Å². The zero-order chi connectivity index (χ0) is 51.1. The Bertz CT molecular complexity index is 4050. The van der Waals surface area contributed by atoms with Crippen molar-refractivity contribution in [2.75, 3.05) is 10.6 Å². The molecule has 0 aliphatic heterocycles. The molecule has 358 valence electrons. The number of thiophene rings is 1.